The lowest BCUT2D eigenvalue weighted by Gasteiger charge is -2.27. The molecule has 5 nitrogen and oxygen atoms in total. The molecule has 1 atom stereocenters. The fourth-order valence-electron chi connectivity index (χ4n) is 4.89. The molecule has 1 fully saturated rings. The van der Waals surface area contributed by atoms with Gasteiger partial charge < -0.3 is 19.5 Å². The Morgan fingerprint density at radius 3 is 1.82 bits per heavy atom. The summed E-state index contributed by atoms with van der Waals surface area (Å²) in [5, 5.41) is 3.34. The van der Waals surface area contributed by atoms with E-state index in [1.54, 1.807) is 6.20 Å². The Morgan fingerprint density at radius 1 is 0.622 bits per heavy atom. The summed E-state index contributed by atoms with van der Waals surface area (Å²) in [7, 11) is 0. The van der Waals surface area contributed by atoms with Crippen LogP contribution in [0.2, 0.25) is 0 Å². The Bertz CT molecular complexity index is 1560. The summed E-state index contributed by atoms with van der Waals surface area (Å²) in [5.74, 6) is 2.65. The predicted octanol–water partition coefficient (Wildman–Crippen LogP) is 8.80. The van der Waals surface area contributed by atoms with Gasteiger partial charge in [0.2, 0.25) is 0 Å². The SMILES string of the molecule is Ic1cccc(OCCCc2ccccc2)c1.c1ccc(CCCOc2cccc(-c3cncc(OC[C@@H]4CCN4)c3)c2)cc1. The first-order valence-electron chi connectivity index (χ1n) is 15.7. The van der Waals surface area contributed by atoms with Crippen molar-refractivity contribution in [2.75, 3.05) is 26.4 Å². The zero-order valence-electron chi connectivity index (χ0n) is 25.6. The number of benzene rings is 4. The fourth-order valence-corrected chi connectivity index (χ4v) is 5.40. The van der Waals surface area contributed by atoms with Crippen LogP contribution >= 0.6 is 22.6 Å². The van der Waals surface area contributed by atoms with E-state index in [0.29, 0.717) is 19.3 Å². The molecule has 0 unspecified atom stereocenters. The summed E-state index contributed by atoms with van der Waals surface area (Å²) in [6, 6.07) is 39.9. The van der Waals surface area contributed by atoms with Crippen LogP contribution in [0.15, 0.2) is 128 Å². The molecular weight excluding hydrogens is 671 g/mol. The minimum atomic E-state index is 0.469. The highest BCUT2D eigenvalue weighted by Crippen LogP contribution is 2.26. The van der Waals surface area contributed by atoms with Crippen molar-refractivity contribution in [3.63, 3.8) is 0 Å². The van der Waals surface area contributed by atoms with Crippen LogP contribution in [0.25, 0.3) is 11.1 Å². The molecule has 0 amide bonds. The van der Waals surface area contributed by atoms with Gasteiger partial charge in [-0.2, -0.15) is 0 Å². The topological polar surface area (TPSA) is 52.6 Å². The quantitative estimate of drug-likeness (QED) is 0.0922. The third-order valence-electron chi connectivity index (χ3n) is 7.50. The highest BCUT2D eigenvalue weighted by atomic mass is 127. The van der Waals surface area contributed by atoms with Crippen LogP contribution in [0.1, 0.15) is 30.4 Å². The molecule has 1 aliphatic rings. The summed E-state index contributed by atoms with van der Waals surface area (Å²) in [6.07, 6.45) is 8.96. The second-order valence-corrected chi connectivity index (χ2v) is 12.3. The number of aryl methyl sites for hydroxylation is 2. The monoisotopic (exact) mass is 712 g/mol. The zero-order chi connectivity index (χ0) is 30.9. The summed E-state index contributed by atoms with van der Waals surface area (Å²) < 4.78 is 18.7. The second kappa shape index (κ2) is 18.2. The van der Waals surface area contributed by atoms with E-state index in [2.05, 4.69) is 106 Å². The van der Waals surface area contributed by atoms with Crippen molar-refractivity contribution in [2.24, 2.45) is 0 Å². The molecule has 6 heteroatoms. The summed E-state index contributed by atoms with van der Waals surface area (Å²) in [5.41, 5.74) is 4.84. The molecular formula is C39H41IN2O3. The van der Waals surface area contributed by atoms with Crippen molar-refractivity contribution in [1.29, 1.82) is 0 Å². The molecule has 0 bridgehead atoms. The number of halogens is 1. The summed E-state index contributed by atoms with van der Waals surface area (Å²) >= 11 is 2.30. The van der Waals surface area contributed by atoms with Crippen molar-refractivity contribution < 1.29 is 14.2 Å². The molecule has 0 radical (unpaired) electrons. The average Bonchev–Trinajstić information content (AvgIpc) is 3.06. The smallest absolute Gasteiger partial charge is 0.138 e. The molecule has 4 aromatic carbocycles. The molecule has 0 saturated carbocycles. The maximum atomic E-state index is 5.96. The fraction of sp³-hybridized carbons (Fsp3) is 0.256. The number of hydrogen-bond acceptors (Lipinski definition) is 5. The molecule has 6 rings (SSSR count). The Labute approximate surface area is 281 Å². The summed E-state index contributed by atoms with van der Waals surface area (Å²) in [6.45, 7) is 3.25. The van der Waals surface area contributed by atoms with E-state index in [4.69, 9.17) is 14.2 Å². The first-order valence-corrected chi connectivity index (χ1v) is 16.8. The van der Waals surface area contributed by atoms with Crippen LogP contribution in [0, 0.1) is 3.57 Å². The lowest BCUT2D eigenvalue weighted by molar-refractivity contribution is 0.217. The Hall–Kier alpha value is -3.88. The van der Waals surface area contributed by atoms with Gasteiger partial charge in [-0.05, 0) is 114 Å². The van der Waals surface area contributed by atoms with E-state index < -0.39 is 0 Å². The van der Waals surface area contributed by atoms with Gasteiger partial charge in [0.15, 0.2) is 0 Å². The molecule has 1 aliphatic heterocycles. The van der Waals surface area contributed by atoms with Crippen LogP contribution in [0.4, 0.5) is 0 Å². The number of nitrogens with zero attached hydrogens (tertiary/aromatic N) is 1. The van der Waals surface area contributed by atoms with Crippen LogP contribution in [0.3, 0.4) is 0 Å². The number of ether oxygens (including phenoxy) is 3. The van der Waals surface area contributed by atoms with Crippen LogP contribution < -0.4 is 19.5 Å². The zero-order valence-corrected chi connectivity index (χ0v) is 27.8. The molecule has 1 saturated heterocycles. The summed E-state index contributed by atoms with van der Waals surface area (Å²) in [4.78, 5) is 4.34. The van der Waals surface area contributed by atoms with Gasteiger partial charge in [-0.1, -0.05) is 78.9 Å². The van der Waals surface area contributed by atoms with Crippen LogP contribution in [-0.2, 0) is 12.8 Å². The van der Waals surface area contributed by atoms with Crippen molar-refractivity contribution in [3.05, 3.63) is 142 Å². The third kappa shape index (κ3) is 11.5. The molecule has 0 spiro atoms. The third-order valence-corrected chi connectivity index (χ3v) is 8.17. The van der Waals surface area contributed by atoms with E-state index in [9.17, 15) is 0 Å². The number of pyridine rings is 1. The molecule has 5 aromatic rings. The van der Waals surface area contributed by atoms with Crippen molar-refractivity contribution in [3.8, 4) is 28.4 Å². The minimum absolute atomic E-state index is 0.469. The number of hydrogen-bond donors (Lipinski definition) is 1. The molecule has 45 heavy (non-hydrogen) atoms. The van der Waals surface area contributed by atoms with Gasteiger partial charge in [-0.25, -0.2) is 0 Å². The number of nitrogens with one attached hydrogen (secondary N) is 1. The predicted molar refractivity (Wildman–Crippen MR) is 191 cm³/mol. The minimum Gasteiger partial charge on any atom is -0.494 e. The van der Waals surface area contributed by atoms with Gasteiger partial charge in [-0.3, -0.25) is 4.98 Å². The van der Waals surface area contributed by atoms with Crippen LogP contribution in [-0.4, -0.2) is 37.4 Å². The molecule has 2 heterocycles. The molecule has 1 N–H and O–H groups in total. The molecule has 1 aromatic heterocycles. The maximum Gasteiger partial charge on any atom is 0.138 e. The Kier molecular flexibility index (Phi) is 13.1. The first kappa shape index (κ1) is 32.5. The van der Waals surface area contributed by atoms with Gasteiger partial charge in [0.05, 0.1) is 19.4 Å². The van der Waals surface area contributed by atoms with E-state index in [-0.39, 0.29) is 0 Å². The van der Waals surface area contributed by atoms with Gasteiger partial charge >= 0.3 is 0 Å². The second-order valence-electron chi connectivity index (χ2n) is 11.0. The molecule has 232 valence electrons. The van der Waals surface area contributed by atoms with Crippen LogP contribution in [0.5, 0.6) is 17.2 Å². The first-order chi connectivity index (χ1) is 22.2. The lowest BCUT2D eigenvalue weighted by Crippen LogP contribution is -2.46. The average molecular weight is 713 g/mol. The Morgan fingerprint density at radius 2 is 1.22 bits per heavy atom. The van der Waals surface area contributed by atoms with Gasteiger partial charge in [0.25, 0.3) is 0 Å². The highest BCUT2D eigenvalue weighted by Gasteiger charge is 2.16. The van der Waals surface area contributed by atoms with Gasteiger partial charge in [-0.15, -0.1) is 0 Å². The Balaban J connectivity index is 0.000000201. The van der Waals surface area contributed by atoms with Crippen molar-refractivity contribution >= 4 is 22.6 Å². The lowest BCUT2D eigenvalue weighted by atomic mass is 10.1. The van der Waals surface area contributed by atoms with E-state index in [0.717, 1.165) is 67.2 Å². The van der Waals surface area contributed by atoms with Crippen molar-refractivity contribution in [2.45, 2.75) is 38.1 Å². The number of aromatic nitrogens is 1. The van der Waals surface area contributed by atoms with Gasteiger partial charge in [0.1, 0.15) is 23.9 Å². The van der Waals surface area contributed by atoms with Gasteiger partial charge in [0, 0.05) is 21.4 Å². The van der Waals surface area contributed by atoms with E-state index in [1.165, 1.54) is 21.1 Å². The highest BCUT2D eigenvalue weighted by molar-refractivity contribution is 14.1. The molecule has 0 aliphatic carbocycles. The number of rotatable bonds is 14. The van der Waals surface area contributed by atoms with E-state index in [1.807, 2.05) is 48.7 Å². The normalized spacial score (nSPS) is 13.6. The standard InChI is InChI=1S/C24H26N2O2.C15H15IO/c1-2-6-19(7-3-1)8-5-13-27-23-10-4-9-20(14-23)21-15-24(17-25-16-21)28-18-22-11-12-26-22;16-14-9-4-10-15(12-14)17-11-5-8-13-6-2-1-3-7-13/h1-4,6-7,9-10,14-17,22,26H,5,8,11-13,18H2;1-4,6-7,9-10,12H,5,8,11H2/t22-;/m0./s1. The van der Waals surface area contributed by atoms with E-state index >= 15 is 0 Å². The largest absolute Gasteiger partial charge is 0.494 e. The van der Waals surface area contributed by atoms with Crippen molar-refractivity contribution in [1.82, 2.24) is 10.3 Å². The maximum absolute atomic E-state index is 5.96.